The Kier molecular flexibility index (Phi) is 10.5. The molecule has 0 aliphatic carbocycles. The average molecular weight is 722 g/mol. The summed E-state index contributed by atoms with van der Waals surface area (Å²) in [7, 11) is 0. The lowest BCUT2D eigenvalue weighted by Crippen LogP contribution is -2.25. The van der Waals surface area contributed by atoms with Gasteiger partial charge >= 0.3 is 0 Å². The van der Waals surface area contributed by atoms with Crippen LogP contribution in [0.25, 0.3) is 0 Å². The normalized spacial score (nSPS) is 13.5. The zero-order chi connectivity index (χ0) is 25.6. The summed E-state index contributed by atoms with van der Waals surface area (Å²) in [6, 6.07) is 14.2. The standard InChI is InChI=1S/C25H30ClI2N3O4/c1-16(11-26)14-35-23-9-6-18(10-21(23)27)25(2,3)17-4-7-20(8-5-17)34-15-19(33)12-31-24(28)22(13-32)29-30-31/h4-10,16,19,32-33H,11-15H2,1-3H3/t16-,19-/m0/s1/i27-4. The first-order valence-electron chi connectivity index (χ1n) is 11.2. The highest BCUT2D eigenvalue weighted by molar-refractivity contribution is 14.1. The molecule has 190 valence electrons. The number of aliphatic hydroxyl groups excluding tert-OH is 2. The maximum Gasteiger partial charge on any atom is 0.132 e. The van der Waals surface area contributed by atoms with Crippen LogP contribution < -0.4 is 9.47 Å². The predicted octanol–water partition coefficient (Wildman–Crippen LogP) is 5.00. The van der Waals surface area contributed by atoms with Crippen molar-refractivity contribution in [2.24, 2.45) is 5.92 Å². The molecule has 0 unspecified atom stereocenters. The van der Waals surface area contributed by atoms with Gasteiger partial charge in [0.05, 0.1) is 23.3 Å². The summed E-state index contributed by atoms with van der Waals surface area (Å²) in [6.07, 6.45) is -0.761. The van der Waals surface area contributed by atoms with Crippen molar-refractivity contribution in [2.75, 3.05) is 19.1 Å². The summed E-state index contributed by atoms with van der Waals surface area (Å²) in [4.78, 5) is 0. The maximum atomic E-state index is 10.3. The van der Waals surface area contributed by atoms with Crippen molar-refractivity contribution in [1.82, 2.24) is 15.0 Å². The molecule has 3 aromatic rings. The van der Waals surface area contributed by atoms with Crippen LogP contribution in [-0.2, 0) is 18.6 Å². The SMILES string of the molecule is C[C@@H](CCl)COc1ccc(C(C)(C)c2ccc(OC[C@@H](O)Cn3nnc(CO)c3I)cc2)cc1[123I]. The Balaban J connectivity index is 1.60. The Morgan fingerprint density at radius 2 is 1.80 bits per heavy atom. The Bertz CT molecular complexity index is 1110. The molecule has 0 aliphatic rings. The second kappa shape index (κ2) is 12.9. The van der Waals surface area contributed by atoms with Crippen molar-refractivity contribution in [3.8, 4) is 11.5 Å². The molecule has 10 heteroatoms. The molecule has 35 heavy (non-hydrogen) atoms. The molecule has 1 heterocycles. The van der Waals surface area contributed by atoms with Gasteiger partial charge in [-0.25, -0.2) is 4.68 Å². The van der Waals surface area contributed by atoms with Gasteiger partial charge in [0.2, 0.25) is 0 Å². The van der Waals surface area contributed by atoms with E-state index in [4.69, 9.17) is 21.1 Å². The second-order valence-electron chi connectivity index (χ2n) is 9.00. The summed E-state index contributed by atoms with van der Waals surface area (Å²) < 4.78 is 15.0. The van der Waals surface area contributed by atoms with Gasteiger partial charge in [0, 0.05) is 17.2 Å². The minimum atomic E-state index is -0.761. The van der Waals surface area contributed by atoms with Crippen LogP contribution in [0.15, 0.2) is 42.5 Å². The van der Waals surface area contributed by atoms with Gasteiger partial charge in [-0.3, -0.25) is 0 Å². The number of alkyl halides is 1. The first-order chi connectivity index (χ1) is 16.6. The van der Waals surface area contributed by atoms with Crippen molar-refractivity contribution in [3.63, 3.8) is 0 Å². The van der Waals surface area contributed by atoms with E-state index in [0.29, 0.717) is 33.5 Å². The Labute approximate surface area is 238 Å². The molecule has 0 amide bonds. The summed E-state index contributed by atoms with van der Waals surface area (Å²) in [5.41, 5.74) is 2.62. The number of aromatic nitrogens is 3. The minimum Gasteiger partial charge on any atom is -0.492 e. The van der Waals surface area contributed by atoms with Gasteiger partial charge in [-0.1, -0.05) is 44.2 Å². The summed E-state index contributed by atoms with van der Waals surface area (Å²) in [5, 5.41) is 27.4. The number of nitrogens with zero attached hydrogens (tertiary/aromatic N) is 3. The number of hydrogen-bond donors (Lipinski definition) is 2. The van der Waals surface area contributed by atoms with E-state index in [9.17, 15) is 10.2 Å². The number of ether oxygens (including phenoxy) is 2. The first kappa shape index (κ1) is 28.4. The Morgan fingerprint density at radius 1 is 1.11 bits per heavy atom. The van der Waals surface area contributed by atoms with Gasteiger partial charge in [0.15, 0.2) is 0 Å². The van der Waals surface area contributed by atoms with E-state index in [-0.39, 0.29) is 25.2 Å². The van der Waals surface area contributed by atoms with Crippen LogP contribution in [0.3, 0.4) is 0 Å². The zero-order valence-corrected chi connectivity index (χ0v) is 25.0. The third kappa shape index (κ3) is 7.43. The zero-order valence-electron chi connectivity index (χ0n) is 19.9. The number of aliphatic hydroxyl groups is 2. The largest absolute Gasteiger partial charge is 0.492 e. The van der Waals surface area contributed by atoms with E-state index in [0.717, 1.165) is 14.9 Å². The van der Waals surface area contributed by atoms with E-state index in [2.05, 4.69) is 101 Å². The fraction of sp³-hybridized carbons (Fsp3) is 0.440. The van der Waals surface area contributed by atoms with E-state index in [1.807, 2.05) is 18.2 Å². The van der Waals surface area contributed by atoms with Gasteiger partial charge in [-0.2, -0.15) is 0 Å². The van der Waals surface area contributed by atoms with E-state index in [1.165, 1.54) is 5.56 Å². The van der Waals surface area contributed by atoms with Crippen molar-refractivity contribution < 1.29 is 19.7 Å². The number of rotatable bonds is 12. The third-order valence-corrected chi connectivity index (χ3v) is 8.28. The molecule has 2 aromatic carbocycles. The van der Waals surface area contributed by atoms with Gasteiger partial charge in [-0.15, -0.1) is 16.7 Å². The molecule has 0 aliphatic heterocycles. The maximum absolute atomic E-state index is 10.3. The fourth-order valence-corrected chi connectivity index (χ4v) is 4.75. The first-order valence-corrected chi connectivity index (χ1v) is 13.9. The van der Waals surface area contributed by atoms with Crippen LogP contribution in [0.1, 0.15) is 37.6 Å². The van der Waals surface area contributed by atoms with Gasteiger partial charge in [0.1, 0.15) is 33.6 Å². The number of halogens is 3. The molecular weight excluding hydrogens is 692 g/mol. The average Bonchev–Trinajstić information content (AvgIpc) is 3.20. The molecule has 7 nitrogen and oxygen atoms in total. The van der Waals surface area contributed by atoms with E-state index in [1.54, 1.807) is 4.68 Å². The minimum absolute atomic E-state index is 0.120. The van der Waals surface area contributed by atoms with Gasteiger partial charge < -0.3 is 19.7 Å². The van der Waals surface area contributed by atoms with Crippen LogP contribution in [-0.4, -0.2) is 50.4 Å². The summed E-state index contributed by atoms with van der Waals surface area (Å²) in [6.45, 7) is 7.22. The monoisotopic (exact) mass is 721 g/mol. The second-order valence-corrected chi connectivity index (χ2v) is 11.5. The van der Waals surface area contributed by atoms with Gasteiger partial charge in [0.25, 0.3) is 0 Å². The van der Waals surface area contributed by atoms with Crippen LogP contribution in [0, 0.1) is 13.2 Å². The van der Waals surface area contributed by atoms with E-state index < -0.39 is 6.10 Å². The quantitative estimate of drug-likeness (QED) is 0.202. The van der Waals surface area contributed by atoms with Crippen molar-refractivity contribution in [1.29, 1.82) is 0 Å². The molecule has 1 aromatic heterocycles. The Morgan fingerprint density at radius 3 is 2.40 bits per heavy atom. The van der Waals surface area contributed by atoms with Crippen molar-refractivity contribution >= 4 is 56.8 Å². The topological polar surface area (TPSA) is 89.6 Å². The summed E-state index contributed by atoms with van der Waals surface area (Å²) >= 11 is 10.3. The molecule has 0 fully saturated rings. The highest BCUT2D eigenvalue weighted by Gasteiger charge is 2.24. The lowest BCUT2D eigenvalue weighted by atomic mass is 9.78. The molecule has 2 atom stereocenters. The van der Waals surface area contributed by atoms with Crippen LogP contribution in [0.2, 0.25) is 0 Å². The lowest BCUT2D eigenvalue weighted by molar-refractivity contribution is 0.0881. The predicted molar refractivity (Wildman–Crippen MR) is 153 cm³/mol. The van der Waals surface area contributed by atoms with E-state index >= 15 is 0 Å². The highest BCUT2D eigenvalue weighted by Crippen LogP contribution is 2.35. The Hall–Kier alpha value is -1.15. The van der Waals surface area contributed by atoms with Crippen molar-refractivity contribution in [2.45, 2.75) is 45.4 Å². The lowest BCUT2D eigenvalue weighted by Gasteiger charge is -2.27. The molecule has 0 saturated carbocycles. The molecular formula is C25H30ClI2N3O4. The molecule has 3 rings (SSSR count). The smallest absolute Gasteiger partial charge is 0.132 e. The van der Waals surface area contributed by atoms with Gasteiger partial charge in [-0.05, 0) is 80.6 Å². The molecule has 0 radical (unpaired) electrons. The van der Waals surface area contributed by atoms with Crippen LogP contribution >= 0.6 is 56.8 Å². The molecule has 0 saturated heterocycles. The van der Waals surface area contributed by atoms with Crippen LogP contribution in [0.4, 0.5) is 0 Å². The third-order valence-electron chi connectivity index (χ3n) is 5.73. The molecule has 0 spiro atoms. The van der Waals surface area contributed by atoms with Crippen LogP contribution in [0.5, 0.6) is 11.5 Å². The number of hydrogen-bond acceptors (Lipinski definition) is 6. The summed E-state index contributed by atoms with van der Waals surface area (Å²) in [5.74, 6) is 2.43. The fourth-order valence-electron chi connectivity index (χ4n) is 3.41. The number of benzene rings is 2. The molecule has 0 bridgehead atoms. The van der Waals surface area contributed by atoms with Crippen molar-refractivity contribution in [3.05, 3.63) is 66.6 Å². The molecule has 2 N–H and O–H groups in total. The highest BCUT2D eigenvalue weighted by atomic mass is 127.